The molecule has 0 unspecified atom stereocenters. The second-order valence-electron chi connectivity index (χ2n) is 6.69. The number of ether oxygens (including phenoxy) is 4. The van der Waals surface area contributed by atoms with Gasteiger partial charge in [-0.15, -0.1) is 0 Å². The number of nitrogens with one attached hydrogen (secondary N) is 2. The predicted octanol–water partition coefficient (Wildman–Crippen LogP) is 1.26. The van der Waals surface area contributed by atoms with Gasteiger partial charge in [0.05, 0.1) is 39.9 Å². The topological polar surface area (TPSA) is 129 Å². The van der Waals surface area contributed by atoms with Gasteiger partial charge in [-0.3, -0.25) is 0 Å². The third-order valence-corrected chi connectivity index (χ3v) is 7.09. The van der Waals surface area contributed by atoms with Gasteiger partial charge < -0.3 is 18.9 Å². The van der Waals surface area contributed by atoms with Gasteiger partial charge in [-0.05, 0) is 35.4 Å². The van der Waals surface area contributed by atoms with E-state index in [0.29, 0.717) is 34.1 Å². The molecule has 0 saturated heterocycles. The highest BCUT2D eigenvalue weighted by molar-refractivity contribution is 7.89. The summed E-state index contributed by atoms with van der Waals surface area (Å²) >= 11 is 0. The Kier molecular flexibility index (Phi) is 9.13. The van der Waals surface area contributed by atoms with Crippen LogP contribution in [0.2, 0.25) is 0 Å². The lowest BCUT2D eigenvalue weighted by Crippen LogP contribution is -2.35. The molecule has 12 heteroatoms. The first-order chi connectivity index (χ1) is 15.1. The van der Waals surface area contributed by atoms with E-state index in [0.717, 1.165) is 0 Å². The molecule has 32 heavy (non-hydrogen) atoms. The molecule has 0 aromatic heterocycles. The van der Waals surface area contributed by atoms with Crippen molar-refractivity contribution in [2.45, 2.75) is 11.5 Å². The zero-order chi connectivity index (χ0) is 23.8. The van der Waals surface area contributed by atoms with E-state index < -0.39 is 20.0 Å². The molecule has 0 atom stereocenters. The second kappa shape index (κ2) is 11.4. The number of hydrogen-bond donors (Lipinski definition) is 2. The normalized spacial score (nSPS) is 11.8. The number of methoxy groups -OCH3 is 4. The Balaban J connectivity index is 1.88. The van der Waals surface area contributed by atoms with Crippen molar-refractivity contribution in [3.8, 4) is 23.0 Å². The van der Waals surface area contributed by atoms with Crippen molar-refractivity contribution in [3.63, 3.8) is 0 Å². The molecule has 0 aliphatic rings. The molecule has 0 heterocycles. The van der Waals surface area contributed by atoms with Crippen molar-refractivity contribution < 1.29 is 35.8 Å². The lowest BCUT2D eigenvalue weighted by atomic mass is 10.2. The molecule has 10 nitrogen and oxygen atoms in total. The first-order valence-corrected chi connectivity index (χ1v) is 12.8. The molecule has 0 fully saturated rings. The minimum atomic E-state index is -3.68. The highest BCUT2D eigenvalue weighted by Crippen LogP contribution is 2.29. The predicted molar refractivity (Wildman–Crippen MR) is 120 cm³/mol. The van der Waals surface area contributed by atoms with Gasteiger partial charge in [0.2, 0.25) is 20.0 Å². The zero-order valence-electron chi connectivity index (χ0n) is 18.4. The van der Waals surface area contributed by atoms with Gasteiger partial charge >= 0.3 is 0 Å². The van der Waals surface area contributed by atoms with Crippen LogP contribution in [0.5, 0.6) is 23.0 Å². The molecule has 0 spiro atoms. The summed E-state index contributed by atoms with van der Waals surface area (Å²) in [6, 6.07) is 9.62. The van der Waals surface area contributed by atoms with Gasteiger partial charge in [-0.1, -0.05) is 12.1 Å². The summed E-state index contributed by atoms with van der Waals surface area (Å²) in [5.74, 6) is 1.25. The van der Waals surface area contributed by atoms with Crippen LogP contribution in [0.25, 0.3) is 0 Å². The van der Waals surface area contributed by atoms with Gasteiger partial charge in [-0.2, -0.15) is 0 Å². The molecule has 2 aromatic carbocycles. The van der Waals surface area contributed by atoms with E-state index in [-0.39, 0.29) is 24.6 Å². The van der Waals surface area contributed by atoms with Gasteiger partial charge in [0.1, 0.15) is 0 Å². The Morgan fingerprint density at radius 1 is 0.594 bits per heavy atom. The molecule has 2 rings (SSSR count). The summed E-state index contributed by atoms with van der Waals surface area (Å²) in [6.07, 6.45) is 0. The quantitative estimate of drug-likeness (QED) is 0.403. The first-order valence-electron chi connectivity index (χ1n) is 9.49. The largest absolute Gasteiger partial charge is 0.493 e. The summed E-state index contributed by atoms with van der Waals surface area (Å²) < 4.78 is 74.6. The monoisotopic (exact) mass is 488 g/mol. The maximum atomic E-state index is 12.3. The van der Waals surface area contributed by atoms with E-state index in [1.807, 2.05) is 0 Å². The first kappa shape index (κ1) is 25.7. The summed E-state index contributed by atoms with van der Waals surface area (Å²) in [4.78, 5) is 0. The van der Waals surface area contributed by atoms with Crippen molar-refractivity contribution in [1.82, 2.24) is 9.44 Å². The molecule has 0 bridgehead atoms. The SMILES string of the molecule is COc1ccc(CS(=O)(=O)NCCNS(=O)(=O)Cc2ccc(OC)c(OC)c2)cc1OC. The summed E-state index contributed by atoms with van der Waals surface area (Å²) in [5, 5.41) is 0. The standard InChI is InChI=1S/C20H28N2O8S2/c1-27-17-7-5-15(11-19(17)29-3)13-31(23,24)21-9-10-22-32(25,26)14-16-6-8-18(28-2)20(12-16)30-4/h5-8,11-12,21-22H,9-10,13-14H2,1-4H3. The third kappa shape index (κ3) is 7.55. The van der Waals surface area contributed by atoms with Crippen molar-refractivity contribution in [3.05, 3.63) is 47.5 Å². The third-order valence-electron chi connectivity index (χ3n) is 4.38. The minimum Gasteiger partial charge on any atom is -0.493 e. The molecule has 178 valence electrons. The molecule has 0 aliphatic carbocycles. The molecule has 0 radical (unpaired) electrons. The van der Waals surface area contributed by atoms with Crippen LogP contribution in [0.1, 0.15) is 11.1 Å². The molecule has 2 aromatic rings. The molecule has 2 N–H and O–H groups in total. The van der Waals surface area contributed by atoms with E-state index in [9.17, 15) is 16.8 Å². The van der Waals surface area contributed by atoms with Crippen molar-refractivity contribution >= 4 is 20.0 Å². The minimum absolute atomic E-state index is 0.0964. The van der Waals surface area contributed by atoms with Gasteiger partial charge in [0.15, 0.2) is 23.0 Å². The Labute approximate surface area is 188 Å². The number of rotatable bonds is 13. The van der Waals surface area contributed by atoms with Crippen LogP contribution in [0.15, 0.2) is 36.4 Å². The van der Waals surface area contributed by atoms with E-state index in [4.69, 9.17) is 18.9 Å². The zero-order valence-corrected chi connectivity index (χ0v) is 20.0. The fraction of sp³-hybridized carbons (Fsp3) is 0.400. The van der Waals surface area contributed by atoms with Gasteiger partial charge in [0, 0.05) is 13.1 Å². The molecule has 0 amide bonds. The Morgan fingerprint density at radius 3 is 1.25 bits per heavy atom. The number of sulfonamides is 2. The van der Waals surface area contributed by atoms with Crippen LogP contribution in [0.3, 0.4) is 0 Å². The Bertz CT molecular complexity index is 1030. The summed E-state index contributed by atoms with van der Waals surface area (Å²) in [5.41, 5.74) is 1.01. The van der Waals surface area contributed by atoms with E-state index >= 15 is 0 Å². The van der Waals surface area contributed by atoms with E-state index in [2.05, 4.69) is 9.44 Å². The van der Waals surface area contributed by atoms with Crippen LogP contribution in [-0.4, -0.2) is 58.4 Å². The number of benzene rings is 2. The Morgan fingerprint density at radius 2 is 0.938 bits per heavy atom. The van der Waals surface area contributed by atoms with Crippen LogP contribution < -0.4 is 28.4 Å². The molecule has 0 saturated carbocycles. The van der Waals surface area contributed by atoms with Gasteiger partial charge in [-0.25, -0.2) is 26.3 Å². The molecular weight excluding hydrogens is 460 g/mol. The maximum Gasteiger partial charge on any atom is 0.215 e. The highest BCUT2D eigenvalue weighted by atomic mass is 32.2. The van der Waals surface area contributed by atoms with Crippen LogP contribution in [-0.2, 0) is 31.6 Å². The average Bonchev–Trinajstić information content (AvgIpc) is 2.76. The average molecular weight is 489 g/mol. The van der Waals surface area contributed by atoms with Crippen molar-refractivity contribution in [1.29, 1.82) is 0 Å². The van der Waals surface area contributed by atoms with Crippen LogP contribution in [0, 0.1) is 0 Å². The van der Waals surface area contributed by atoms with Crippen molar-refractivity contribution in [2.24, 2.45) is 0 Å². The fourth-order valence-corrected chi connectivity index (χ4v) is 5.16. The summed E-state index contributed by atoms with van der Waals surface area (Å²) in [6.45, 7) is -0.193. The Hall–Kier alpha value is -2.54. The van der Waals surface area contributed by atoms with E-state index in [1.165, 1.54) is 28.4 Å². The maximum absolute atomic E-state index is 12.3. The lowest BCUT2D eigenvalue weighted by Gasteiger charge is -2.12. The second-order valence-corrected chi connectivity index (χ2v) is 10.3. The van der Waals surface area contributed by atoms with Crippen LogP contribution in [0.4, 0.5) is 0 Å². The molecular formula is C20H28N2O8S2. The highest BCUT2D eigenvalue weighted by Gasteiger charge is 2.16. The lowest BCUT2D eigenvalue weighted by molar-refractivity contribution is 0.354. The van der Waals surface area contributed by atoms with Crippen molar-refractivity contribution in [2.75, 3.05) is 41.5 Å². The van der Waals surface area contributed by atoms with Gasteiger partial charge in [0.25, 0.3) is 0 Å². The fourth-order valence-electron chi connectivity index (χ4n) is 2.89. The summed E-state index contributed by atoms with van der Waals surface area (Å²) in [7, 11) is -1.47. The number of hydrogen-bond acceptors (Lipinski definition) is 8. The van der Waals surface area contributed by atoms with Crippen LogP contribution >= 0.6 is 0 Å². The molecule has 0 aliphatic heterocycles. The van der Waals surface area contributed by atoms with E-state index in [1.54, 1.807) is 36.4 Å². The smallest absolute Gasteiger partial charge is 0.215 e.